The van der Waals surface area contributed by atoms with E-state index in [1.807, 2.05) is 18.2 Å². The largest absolute Gasteiger partial charge is 0.349 e. The van der Waals surface area contributed by atoms with Gasteiger partial charge in [-0.05, 0) is 43.2 Å². The van der Waals surface area contributed by atoms with Crippen molar-refractivity contribution in [1.29, 1.82) is 0 Å². The molecule has 3 rings (SSSR count). The number of nitrogens with one attached hydrogen (secondary N) is 1. The second kappa shape index (κ2) is 5.80. The van der Waals surface area contributed by atoms with Crippen LogP contribution in [0, 0.1) is 11.8 Å². The smallest absolute Gasteiger partial charge is 0.252 e. The highest BCUT2D eigenvalue weighted by Gasteiger charge is 2.40. The summed E-state index contributed by atoms with van der Waals surface area (Å²) in [4.78, 5) is 13.7. The molecule has 20 heavy (non-hydrogen) atoms. The molecule has 0 radical (unpaired) electrons. The first-order valence-corrected chi connectivity index (χ1v) is 8.58. The number of thioether (sulfide) groups is 1. The number of benzene rings is 1. The van der Waals surface area contributed by atoms with Gasteiger partial charge in [0.1, 0.15) is 0 Å². The minimum atomic E-state index is 0.117. The predicted octanol–water partition coefficient (Wildman–Crippen LogP) is 4.11. The lowest BCUT2D eigenvalue weighted by Gasteiger charge is -2.23. The third kappa shape index (κ3) is 2.88. The second-order valence-corrected chi connectivity index (χ2v) is 8.04. The molecule has 2 aliphatic rings. The van der Waals surface area contributed by atoms with E-state index in [9.17, 15) is 4.79 Å². The first-order valence-electron chi connectivity index (χ1n) is 7.70. The fourth-order valence-corrected chi connectivity index (χ4v) is 4.63. The van der Waals surface area contributed by atoms with Crippen molar-refractivity contribution in [2.45, 2.75) is 55.7 Å². The van der Waals surface area contributed by atoms with Gasteiger partial charge in [-0.1, -0.05) is 32.4 Å². The SMILES string of the molecule is CC(C)Sc1ccccc1C(=O)N[C@H]1C[C@H]2CC[C@H]1C2. The molecular formula is C17H23NOS. The maximum atomic E-state index is 12.6. The van der Waals surface area contributed by atoms with E-state index in [4.69, 9.17) is 0 Å². The molecule has 2 saturated carbocycles. The van der Waals surface area contributed by atoms with Crippen molar-refractivity contribution in [3.8, 4) is 0 Å². The quantitative estimate of drug-likeness (QED) is 0.845. The van der Waals surface area contributed by atoms with Crippen LogP contribution in [0.15, 0.2) is 29.2 Å². The van der Waals surface area contributed by atoms with Gasteiger partial charge in [0.2, 0.25) is 0 Å². The standard InChI is InChI=1S/C17H23NOS/c1-11(2)20-16-6-4-3-5-14(16)17(19)18-15-10-12-7-8-13(15)9-12/h3-6,11-13,15H,7-10H2,1-2H3,(H,18,19)/t12-,13-,15-/m0/s1. The molecule has 108 valence electrons. The lowest BCUT2D eigenvalue weighted by molar-refractivity contribution is 0.0920. The molecule has 3 atom stereocenters. The Balaban J connectivity index is 1.70. The number of carbonyl (C=O) groups is 1. The summed E-state index contributed by atoms with van der Waals surface area (Å²) in [7, 11) is 0. The van der Waals surface area contributed by atoms with Crippen LogP contribution in [0.1, 0.15) is 49.9 Å². The zero-order valence-corrected chi connectivity index (χ0v) is 13.1. The van der Waals surface area contributed by atoms with Crippen molar-refractivity contribution in [3.05, 3.63) is 29.8 Å². The molecule has 2 bridgehead atoms. The first kappa shape index (κ1) is 14.0. The number of carbonyl (C=O) groups excluding carboxylic acids is 1. The van der Waals surface area contributed by atoms with Gasteiger partial charge in [0.05, 0.1) is 5.56 Å². The molecule has 0 saturated heterocycles. The van der Waals surface area contributed by atoms with Gasteiger partial charge in [-0.15, -0.1) is 11.8 Å². The Labute approximate surface area is 125 Å². The Morgan fingerprint density at radius 3 is 2.70 bits per heavy atom. The molecule has 1 aromatic carbocycles. The summed E-state index contributed by atoms with van der Waals surface area (Å²) < 4.78 is 0. The molecule has 0 unspecified atom stereocenters. The second-order valence-electron chi connectivity index (χ2n) is 6.42. The summed E-state index contributed by atoms with van der Waals surface area (Å²) in [6, 6.07) is 8.39. The minimum absolute atomic E-state index is 0.117. The van der Waals surface area contributed by atoms with E-state index in [1.165, 1.54) is 25.7 Å². The number of rotatable bonds is 4. The van der Waals surface area contributed by atoms with E-state index in [-0.39, 0.29) is 5.91 Å². The Kier molecular flexibility index (Phi) is 4.06. The van der Waals surface area contributed by atoms with Gasteiger partial charge in [-0.25, -0.2) is 0 Å². The molecule has 3 heteroatoms. The summed E-state index contributed by atoms with van der Waals surface area (Å²) >= 11 is 1.77. The summed E-state index contributed by atoms with van der Waals surface area (Å²) in [5, 5.41) is 3.78. The fourth-order valence-electron chi connectivity index (χ4n) is 3.68. The van der Waals surface area contributed by atoms with Crippen molar-refractivity contribution in [1.82, 2.24) is 5.32 Å². The molecule has 0 heterocycles. The van der Waals surface area contributed by atoms with Gasteiger partial charge < -0.3 is 5.32 Å². The number of hydrogen-bond donors (Lipinski definition) is 1. The van der Waals surface area contributed by atoms with Crippen LogP contribution in [0.25, 0.3) is 0 Å². The van der Waals surface area contributed by atoms with Crippen LogP contribution in [-0.2, 0) is 0 Å². The maximum Gasteiger partial charge on any atom is 0.252 e. The van der Waals surface area contributed by atoms with E-state index in [0.29, 0.717) is 11.3 Å². The van der Waals surface area contributed by atoms with Crippen molar-refractivity contribution < 1.29 is 4.79 Å². The molecule has 2 nitrogen and oxygen atoms in total. The van der Waals surface area contributed by atoms with Crippen molar-refractivity contribution in [2.75, 3.05) is 0 Å². The topological polar surface area (TPSA) is 29.1 Å². The van der Waals surface area contributed by atoms with Gasteiger partial charge in [-0.2, -0.15) is 0 Å². The van der Waals surface area contributed by atoms with E-state index in [2.05, 4.69) is 25.2 Å². The fraction of sp³-hybridized carbons (Fsp3) is 0.588. The van der Waals surface area contributed by atoms with E-state index < -0.39 is 0 Å². The molecular weight excluding hydrogens is 266 g/mol. The van der Waals surface area contributed by atoms with Crippen molar-refractivity contribution in [3.63, 3.8) is 0 Å². The summed E-state index contributed by atoms with van der Waals surface area (Å²) in [5.41, 5.74) is 0.842. The zero-order valence-electron chi connectivity index (χ0n) is 12.3. The summed E-state index contributed by atoms with van der Waals surface area (Å²) in [6.07, 6.45) is 5.19. The van der Waals surface area contributed by atoms with Gasteiger partial charge >= 0.3 is 0 Å². The lowest BCUT2D eigenvalue weighted by Crippen LogP contribution is -2.38. The Bertz CT molecular complexity index is 500. The molecule has 0 spiro atoms. The lowest BCUT2D eigenvalue weighted by atomic mass is 9.95. The third-order valence-electron chi connectivity index (χ3n) is 4.55. The maximum absolute atomic E-state index is 12.6. The Morgan fingerprint density at radius 1 is 1.25 bits per heavy atom. The molecule has 2 fully saturated rings. The Morgan fingerprint density at radius 2 is 2.05 bits per heavy atom. The molecule has 0 aromatic heterocycles. The van der Waals surface area contributed by atoms with Crippen LogP contribution >= 0.6 is 11.8 Å². The minimum Gasteiger partial charge on any atom is -0.349 e. The molecule has 1 aromatic rings. The van der Waals surface area contributed by atoms with Crippen LogP contribution < -0.4 is 5.32 Å². The monoisotopic (exact) mass is 289 g/mol. The van der Waals surface area contributed by atoms with Gasteiger partial charge in [0, 0.05) is 16.2 Å². The third-order valence-corrected chi connectivity index (χ3v) is 5.63. The van der Waals surface area contributed by atoms with Crippen LogP contribution in [0.2, 0.25) is 0 Å². The van der Waals surface area contributed by atoms with Gasteiger partial charge in [0.15, 0.2) is 0 Å². The highest BCUT2D eigenvalue weighted by molar-refractivity contribution is 8.00. The number of amides is 1. The Hall–Kier alpha value is -0.960. The average molecular weight is 289 g/mol. The number of fused-ring (bicyclic) bond motifs is 2. The number of hydrogen-bond acceptors (Lipinski definition) is 2. The average Bonchev–Trinajstić information content (AvgIpc) is 3.00. The first-order chi connectivity index (χ1) is 9.63. The van der Waals surface area contributed by atoms with E-state index in [0.717, 1.165) is 22.3 Å². The van der Waals surface area contributed by atoms with Gasteiger partial charge in [-0.3, -0.25) is 4.79 Å². The van der Waals surface area contributed by atoms with Crippen molar-refractivity contribution in [2.24, 2.45) is 11.8 Å². The van der Waals surface area contributed by atoms with Crippen LogP contribution in [-0.4, -0.2) is 17.2 Å². The van der Waals surface area contributed by atoms with Crippen LogP contribution in [0.5, 0.6) is 0 Å². The highest BCUT2D eigenvalue weighted by Crippen LogP contribution is 2.44. The molecule has 1 N–H and O–H groups in total. The van der Waals surface area contributed by atoms with Crippen LogP contribution in [0.4, 0.5) is 0 Å². The normalized spacial score (nSPS) is 28.1. The van der Waals surface area contributed by atoms with E-state index >= 15 is 0 Å². The molecule has 0 aliphatic heterocycles. The summed E-state index contributed by atoms with van der Waals surface area (Å²) in [5.74, 6) is 1.71. The summed E-state index contributed by atoms with van der Waals surface area (Å²) in [6.45, 7) is 4.32. The predicted molar refractivity (Wildman–Crippen MR) is 84.1 cm³/mol. The van der Waals surface area contributed by atoms with Crippen LogP contribution in [0.3, 0.4) is 0 Å². The van der Waals surface area contributed by atoms with Gasteiger partial charge in [0.25, 0.3) is 5.91 Å². The zero-order chi connectivity index (χ0) is 14.1. The highest BCUT2D eigenvalue weighted by atomic mass is 32.2. The van der Waals surface area contributed by atoms with E-state index in [1.54, 1.807) is 11.8 Å². The van der Waals surface area contributed by atoms with Crippen molar-refractivity contribution >= 4 is 17.7 Å². The molecule has 1 amide bonds. The molecule has 2 aliphatic carbocycles.